The van der Waals surface area contributed by atoms with Crippen LogP contribution in [0.1, 0.15) is 19.3 Å². The summed E-state index contributed by atoms with van der Waals surface area (Å²) >= 11 is 0. The van der Waals surface area contributed by atoms with Crippen molar-refractivity contribution in [3.63, 3.8) is 0 Å². The van der Waals surface area contributed by atoms with Crippen LogP contribution in [0.4, 0.5) is 0 Å². The van der Waals surface area contributed by atoms with Crippen molar-refractivity contribution in [1.82, 2.24) is 5.32 Å². The van der Waals surface area contributed by atoms with E-state index in [1.807, 2.05) is 0 Å². The number of hydrogen-bond acceptors (Lipinski definition) is 2. The first-order valence-electron chi connectivity index (χ1n) is 3.73. The molecule has 1 aliphatic heterocycles. The van der Waals surface area contributed by atoms with Crippen LogP contribution >= 0.6 is 0 Å². The maximum Gasteiger partial charge on any atom is 0.220 e. The second kappa shape index (κ2) is 3.37. The van der Waals surface area contributed by atoms with Crippen molar-refractivity contribution < 1.29 is 9.59 Å². The summed E-state index contributed by atoms with van der Waals surface area (Å²) in [6, 6.07) is 0. The van der Waals surface area contributed by atoms with Crippen LogP contribution in [0.3, 0.4) is 0 Å². The number of rotatable bonds is 2. The molecule has 11 heavy (non-hydrogen) atoms. The molecule has 0 aromatic heterocycles. The first-order valence-corrected chi connectivity index (χ1v) is 3.73. The first-order chi connectivity index (χ1) is 5.18. The summed E-state index contributed by atoms with van der Waals surface area (Å²) in [5, 5.41) is 2.69. The molecule has 1 rings (SSSR count). The predicted octanol–water partition coefficient (Wildman–Crippen LogP) is -0.612. The summed E-state index contributed by atoms with van der Waals surface area (Å²) in [5.41, 5.74) is 5.01. The standard InChI is InChI=1S/C7H12N2O2/c8-6(10)3-5-1-2-7(11)9-4-5/h5H,1-4H2,(H2,8,10)(H,9,11). The van der Waals surface area contributed by atoms with Crippen molar-refractivity contribution in [2.75, 3.05) is 6.54 Å². The fourth-order valence-corrected chi connectivity index (χ4v) is 1.24. The Morgan fingerprint density at radius 3 is 2.91 bits per heavy atom. The van der Waals surface area contributed by atoms with Gasteiger partial charge in [-0.25, -0.2) is 0 Å². The number of nitrogens with one attached hydrogen (secondary N) is 1. The maximum absolute atomic E-state index is 10.7. The smallest absolute Gasteiger partial charge is 0.220 e. The zero-order chi connectivity index (χ0) is 8.27. The lowest BCUT2D eigenvalue weighted by Gasteiger charge is -2.20. The van der Waals surface area contributed by atoms with E-state index in [0.29, 0.717) is 19.4 Å². The number of piperidine rings is 1. The lowest BCUT2D eigenvalue weighted by molar-refractivity contribution is -0.125. The molecule has 4 nitrogen and oxygen atoms in total. The van der Waals surface area contributed by atoms with E-state index in [-0.39, 0.29) is 17.7 Å². The molecule has 1 heterocycles. The van der Waals surface area contributed by atoms with Crippen LogP contribution in [0.15, 0.2) is 0 Å². The van der Waals surface area contributed by atoms with Gasteiger partial charge >= 0.3 is 0 Å². The Kier molecular flexibility index (Phi) is 2.46. The topological polar surface area (TPSA) is 72.2 Å². The Morgan fingerprint density at radius 1 is 1.73 bits per heavy atom. The lowest BCUT2D eigenvalue weighted by Crippen LogP contribution is -2.36. The molecule has 62 valence electrons. The molecular formula is C7H12N2O2. The highest BCUT2D eigenvalue weighted by Gasteiger charge is 2.18. The van der Waals surface area contributed by atoms with Crippen molar-refractivity contribution in [3.8, 4) is 0 Å². The average Bonchev–Trinajstić information content (AvgIpc) is 1.93. The third kappa shape index (κ3) is 2.57. The molecule has 0 radical (unpaired) electrons. The Hall–Kier alpha value is -1.06. The van der Waals surface area contributed by atoms with E-state index in [0.717, 1.165) is 6.42 Å². The summed E-state index contributed by atoms with van der Waals surface area (Å²) in [7, 11) is 0. The van der Waals surface area contributed by atoms with Gasteiger partial charge in [-0.3, -0.25) is 9.59 Å². The highest BCUT2D eigenvalue weighted by Crippen LogP contribution is 2.13. The van der Waals surface area contributed by atoms with E-state index in [2.05, 4.69) is 5.32 Å². The second-order valence-corrected chi connectivity index (χ2v) is 2.88. The maximum atomic E-state index is 10.7. The Bertz CT molecular complexity index is 169. The van der Waals surface area contributed by atoms with Crippen LogP contribution in [0.25, 0.3) is 0 Å². The molecule has 2 amide bonds. The minimum Gasteiger partial charge on any atom is -0.370 e. The highest BCUT2D eigenvalue weighted by atomic mass is 16.2. The summed E-state index contributed by atoms with van der Waals surface area (Å²) in [6.45, 7) is 0.599. The molecule has 0 saturated carbocycles. The predicted molar refractivity (Wildman–Crippen MR) is 39.5 cm³/mol. The van der Waals surface area contributed by atoms with Crippen LogP contribution in [-0.4, -0.2) is 18.4 Å². The van der Waals surface area contributed by atoms with Gasteiger partial charge in [-0.1, -0.05) is 0 Å². The molecule has 0 spiro atoms. The molecule has 1 saturated heterocycles. The van der Waals surface area contributed by atoms with Gasteiger partial charge in [0.25, 0.3) is 0 Å². The molecule has 3 N–H and O–H groups in total. The zero-order valence-electron chi connectivity index (χ0n) is 6.30. The SMILES string of the molecule is NC(=O)CC1CCC(=O)NC1. The second-order valence-electron chi connectivity index (χ2n) is 2.88. The summed E-state index contributed by atoms with van der Waals surface area (Å²) in [4.78, 5) is 21.1. The van der Waals surface area contributed by atoms with Crippen molar-refractivity contribution in [1.29, 1.82) is 0 Å². The van der Waals surface area contributed by atoms with Crippen LogP contribution in [0.2, 0.25) is 0 Å². The number of hydrogen-bond donors (Lipinski definition) is 2. The number of amides is 2. The van der Waals surface area contributed by atoms with Crippen LogP contribution in [-0.2, 0) is 9.59 Å². The lowest BCUT2D eigenvalue weighted by atomic mass is 9.96. The van der Waals surface area contributed by atoms with Crippen molar-refractivity contribution in [3.05, 3.63) is 0 Å². The third-order valence-electron chi connectivity index (χ3n) is 1.86. The summed E-state index contributed by atoms with van der Waals surface area (Å²) < 4.78 is 0. The molecule has 1 aliphatic rings. The molecule has 0 bridgehead atoms. The number of nitrogens with two attached hydrogens (primary N) is 1. The van der Waals surface area contributed by atoms with Crippen molar-refractivity contribution >= 4 is 11.8 Å². The van der Waals surface area contributed by atoms with Gasteiger partial charge in [0.2, 0.25) is 11.8 Å². The molecule has 0 aliphatic carbocycles. The van der Waals surface area contributed by atoms with Crippen LogP contribution in [0.5, 0.6) is 0 Å². The Balaban J connectivity index is 2.28. The Labute approximate surface area is 65.1 Å². The quantitative estimate of drug-likeness (QED) is 0.559. The minimum absolute atomic E-state index is 0.0747. The number of carbonyl (C=O) groups is 2. The molecular weight excluding hydrogens is 144 g/mol. The van der Waals surface area contributed by atoms with Gasteiger partial charge in [0.15, 0.2) is 0 Å². The highest BCUT2D eigenvalue weighted by molar-refractivity contribution is 5.77. The van der Waals surface area contributed by atoms with Gasteiger partial charge in [-0.05, 0) is 12.3 Å². The molecule has 4 heteroatoms. The minimum atomic E-state index is -0.286. The van der Waals surface area contributed by atoms with Crippen molar-refractivity contribution in [2.45, 2.75) is 19.3 Å². The molecule has 0 aromatic rings. The van der Waals surface area contributed by atoms with Gasteiger partial charge in [-0.2, -0.15) is 0 Å². The largest absolute Gasteiger partial charge is 0.370 e. The first kappa shape index (κ1) is 8.04. The van der Waals surface area contributed by atoms with E-state index in [9.17, 15) is 9.59 Å². The van der Waals surface area contributed by atoms with E-state index >= 15 is 0 Å². The van der Waals surface area contributed by atoms with Crippen LogP contribution in [0, 0.1) is 5.92 Å². The fraction of sp³-hybridized carbons (Fsp3) is 0.714. The normalized spacial score (nSPS) is 24.4. The van der Waals surface area contributed by atoms with E-state index in [1.54, 1.807) is 0 Å². The van der Waals surface area contributed by atoms with Gasteiger partial charge < -0.3 is 11.1 Å². The average molecular weight is 156 g/mol. The van der Waals surface area contributed by atoms with Gasteiger partial charge in [0.05, 0.1) is 0 Å². The molecule has 1 unspecified atom stereocenters. The summed E-state index contributed by atoms with van der Waals surface area (Å²) in [6.07, 6.45) is 1.70. The van der Waals surface area contributed by atoms with Gasteiger partial charge in [0.1, 0.15) is 0 Å². The number of primary amides is 1. The number of carbonyl (C=O) groups excluding carboxylic acids is 2. The van der Waals surface area contributed by atoms with Crippen molar-refractivity contribution in [2.24, 2.45) is 11.7 Å². The third-order valence-corrected chi connectivity index (χ3v) is 1.86. The Morgan fingerprint density at radius 2 is 2.45 bits per heavy atom. The van der Waals surface area contributed by atoms with Gasteiger partial charge in [0, 0.05) is 19.4 Å². The fourth-order valence-electron chi connectivity index (χ4n) is 1.24. The molecule has 0 aromatic carbocycles. The molecule has 1 fully saturated rings. The van der Waals surface area contributed by atoms with Gasteiger partial charge in [-0.15, -0.1) is 0 Å². The molecule has 1 atom stereocenters. The zero-order valence-corrected chi connectivity index (χ0v) is 6.30. The van der Waals surface area contributed by atoms with Crippen LogP contribution < -0.4 is 11.1 Å². The summed E-state index contributed by atoms with van der Waals surface area (Å²) in [5.74, 6) is 0.0436. The van der Waals surface area contributed by atoms with E-state index in [4.69, 9.17) is 5.73 Å². The van der Waals surface area contributed by atoms with E-state index in [1.165, 1.54) is 0 Å². The van der Waals surface area contributed by atoms with E-state index < -0.39 is 0 Å². The monoisotopic (exact) mass is 156 g/mol.